The molecule has 0 N–H and O–H groups in total. The molecule has 0 spiro atoms. The zero-order valence-corrected chi connectivity index (χ0v) is 17.1. The number of amides is 2. The van der Waals surface area contributed by atoms with Gasteiger partial charge in [0.15, 0.2) is 0 Å². The molecule has 1 aromatic rings. The summed E-state index contributed by atoms with van der Waals surface area (Å²) >= 11 is 0. The lowest BCUT2D eigenvalue weighted by molar-refractivity contribution is -0.144. The molecule has 2 saturated heterocycles. The molecule has 1 aromatic carbocycles. The van der Waals surface area contributed by atoms with Gasteiger partial charge in [-0.2, -0.15) is 0 Å². The number of aryl methyl sites for hydroxylation is 1. The van der Waals surface area contributed by atoms with E-state index in [4.69, 9.17) is 9.47 Å². The first kappa shape index (κ1) is 20.8. The van der Waals surface area contributed by atoms with Crippen LogP contribution in [0.15, 0.2) is 24.3 Å². The molecule has 3 rings (SSSR count). The zero-order chi connectivity index (χ0) is 19.9. The fourth-order valence-corrected chi connectivity index (χ4v) is 4.25. The SMILES string of the molecule is COCC(=O)N(C1CCOCC1)C1CCN(C(=O)Cc2ccc(C)cc2)CC1. The van der Waals surface area contributed by atoms with Gasteiger partial charge in [-0.1, -0.05) is 29.8 Å². The number of hydrogen-bond donors (Lipinski definition) is 0. The second-order valence-electron chi connectivity index (χ2n) is 7.85. The highest BCUT2D eigenvalue weighted by molar-refractivity contribution is 5.79. The lowest BCUT2D eigenvalue weighted by Crippen LogP contribution is -2.54. The monoisotopic (exact) mass is 388 g/mol. The van der Waals surface area contributed by atoms with Gasteiger partial charge in [0.2, 0.25) is 11.8 Å². The van der Waals surface area contributed by atoms with Gasteiger partial charge in [0.1, 0.15) is 6.61 Å². The van der Waals surface area contributed by atoms with Crippen molar-refractivity contribution in [3.8, 4) is 0 Å². The van der Waals surface area contributed by atoms with E-state index in [9.17, 15) is 9.59 Å². The van der Waals surface area contributed by atoms with Crippen LogP contribution in [0.4, 0.5) is 0 Å². The molecule has 2 heterocycles. The molecule has 6 heteroatoms. The molecule has 2 aliphatic heterocycles. The number of benzene rings is 1. The molecule has 2 fully saturated rings. The van der Waals surface area contributed by atoms with Gasteiger partial charge in [-0.3, -0.25) is 9.59 Å². The van der Waals surface area contributed by atoms with E-state index in [0.717, 1.165) is 31.2 Å². The van der Waals surface area contributed by atoms with Crippen molar-refractivity contribution in [1.82, 2.24) is 9.80 Å². The van der Waals surface area contributed by atoms with E-state index in [1.54, 1.807) is 7.11 Å². The average molecular weight is 389 g/mol. The third kappa shape index (κ3) is 5.32. The van der Waals surface area contributed by atoms with E-state index in [2.05, 4.69) is 0 Å². The van der Waals surface area contributed by atoms with Crippen molar-refractivity contribution in [1.29, 1.82) is 0 Å². The lowest BCUT2D eigenvalue weighted by atomic mass is 9.97. The summed E-state index contributed by atoms with van der Waals surface area (Å²) in [5.74, 6) is 0.224. The molecule has 0 atom stereocenters. The highest BCUT2D eigenvalue weighted by Crippen LogP contribution is 2.24. The van der Waals surface area contributed by atoms with Gasteiger partial charge >= 0.3 is 0 Å². The fraction of sp³-hybridized carbons (Fsp3) is 0.636. The Morgan fingerprint density at radius 2 is 1.68 bits per heavy atom. The van der Waals surface area contributed by atoms with E-state index >= 15 is 0 Å². The molecule has 0 aromatic heterocycles. The molecule has 6 nitrogen and oxygen atoms in total. The van der Waals surface area contributed by atoms with Crippen LogP contribution in [0, 0.1) is 6.92 Å². The maximum Gasteiger partial charge on any atom is 0.249 e. The van der Waals surface area contributed by atoms with Crippen LogP contribution in [-0.4, -0.2) is 73.7 Å². The minimum Gasteiger partial charge on any atom is -0.381 e. The maximum atomic E-state index is 12.7. The summed E-state index contributed by atoms with van der Waals surface area (Å²) in [4.78, 5) is 29.4. The molecule has 0 unspecified atom stereocenters. The summed E-state index contributed by atoms with van der Waals surface area (Å²) in [5, 5.41) is 0. The number of methoxy groups -OCH3 is 1. The third-order valence-electron chi connectivity index (χ3n) is 5.83. The Morgan fingerprint density at radius 1 is 1.07 bits per heavy atom. The van der Waals surface area contributed by atoms with E-state index in [1.165, 1.54) is 5.56 Å². The van der Waals surface area contributed by atoms with Crippen molar-refractivity contribution in [2.24, 2.45) is 0 Å². The largest absolute Gasteiger partial charge is 0.381 e. The normalized spacial score (nSPS) is 18.9. The van der Waals surface area contributed by atoms with Crippen LogP contribution in [0.2, 0.25) is 0 Å². The number of ether oxygens (including phenoxy) is 2. The van der Waals surface area contributed by atoms with Gasteiger partial charge in [0.25, 0.3) is 0 Å². The van der Waals surface area contributed by atoms with E-state index in [-0.39, 0.29) is 30.5 Å². The second kappa shape index (κ2) is 10.0. The first-order valence-corrected chi connectivity index (χ1v) is 10.3. The molecular formula is C22H32N2O4. The molecule has 2 amide bonds. The topological polar surface area (TPSA) is 59.1 Å². The van der Waals surface area contributed by atoms with E-state index in [0.29, 0.717) is 32.7 Å². The smallest absolute Gasteiger partial charge is 0.249 e. The number of carbonyl (C=O) groups is 2. The predicted molar refractivity (Wildman–Crippen MR) is 107 cm³/mol. The molecular weight excluding hydrogens is 356 g/mol. The van der Waals surface area contributed by atoms with Gasteiger partial charge in [0.05, 0.1) is 6.42 Å². The van der Waals surface area contributed by atoms with Crippen LogP contribution >= 0.6 is 0 Å². The first-order chi connectivity index (χ1) is 13.6. The molecule has 154 valence electrons. The molecule has 28 heavy (non-hydrogen) atoms. The summed E-state index contributed by atoms with van der Waals surface area (Å²) in [6.07, 6.45) is 3.85. The summed E-state index contributed by atoms with van der Waals surface area (Å²) in [5.41, 5.74) is 2.25. The van der Waals surface area contributed by atoms with Crippen molar-refractivity contribution in [2.45, 2.75) is 51.1 Å². The highest BCUT2D eigenvalue weighted by Gasteiger charge is 2.34. The number of rotatable bonds is 6. The average Bonchev–Trinajstić information content (AvgIpc) is 2.71. The van der Waals surface area contributed by atoms with Crippen molar-refractivity contribution in [3.63, 3.8) is 0 Å². The number of piperidine rings is 1. The Kier molecular flexibility index (Phi) is 7.45. The predicted octanol–water partition coefficient (Wildman–Crippen LogP) is 2.18. The van der Waals surface area contributed by atoms with Crippen molar-refractivity contribution >= 4 is 11.8 Å². The fourth-order valence-electron chi connectivity index (χ4n) is 4.25. The molecule has 0 aliphatic carbocycles. The Balaban J connectivity index is 1.57. The van der Waals surface area contributed by atoms with Crippen molar-refractivity contribution < 1.29 is 19.1 Å². The van der Waals surface area contributed by atoms with Gasteiger partial charge in [-0.25, -0.2) is 0 Å². The highest BCUT2D eigenvalue weighted by atomic mass is 16.5. The molecule has 2 aliphatic rings. The molecule has 0 radical (unpaired) electrons. The van der Waals surface area contributed by atoms with Crippen LogP contribution in [0.25, 0.3) is 0 Å². The number of carbonyl (C=O) groups excluding carboxylic acids is 2. The van der Waals surface area contributed by atoms with Gasteiger partial charge in [-0.15, -0.1) is 0 Å². The number of likely N-dealkylation sites (tertiary alicyclic amines) is 1. The number of hydrogen-bond acceptors (Lipinski definition) is 4. The van der Waals surface area contributed by atoms with E-state index in [1.807, 2.05) is 41.0 Å². The van der Waals surface area contributed by atoms with Crippen molar-refractivity contribution in [3.05, 3.63) is 35.4 Å². The minimum absolute atomic E-state index is 0.0545. The zero-order valence-electron chi connectivity index (χ0n) is 17.1. The van der Waals surface area contributed by atoms with Crippen LogP contribution in [0.3, 0.4) is 0 Å². The van der Waals surface area contributed by atoms with Gasteiger partial charge < -0.3 is 19.3 Å². The standard InChI is InChI=1S/C22H32N2O4/c1-17-3-5-18(6-4-17)15-21(25)23-11-7-19(8-12-23)24(22(26)16-27-2)20-9-13-28-14-10-20/h3-6,19-20H,7-16H2,1-2H3. The van der Waals surface area contributed by atoms with Crippen LogP contribution in [0.1, 0.15) is 36.8 Å². The Hall–Kier alpha value is -1.92. The minimum atomic E-state index is 0.0545. The van der Waals surface area contributed by atoms with E-state index < -0.39 is 0 Å². The lowest BCUT2D eigenvalue weighted by Gasteiger charge is -2.43. The Morgan fingerprint density at radius 3 is 2.29 bits per heavy atom. The Labute approximate surface area is 167 Å². The van der Waals surface area contributed by atoms with Crippen LogP contribution in [0.5, 0.6) is 0 Å². The molecule has 0 bridgehead atoms. The maximum absolute atomic E-state index is 12.7. The number of nitrogens with zero attached hydrogens (tertiary/aromatic N) is 2. The van der Waals surface area contributed by atoms with Gasteiger partial charge in [0, 0.05) is 45.5 Å². The third-order valence-corrected chi connectivity index (χ3v) is 5.83. The molecule has 0 saturated carbocycles. The first-order valence-electron chi connectivity index (χ1n) is 10.3. The van der Waals surface area contributed by atoms with Gasteiger partial charge in [-0.05, 0) is 38.2 Å². The summed E-state index contributed by atoms with van der Waals surface area (Å²) < 4.78 is 10.6. The second-order valence-corrected chi connectivity index (χ2v) is 7.85. The summed E-state index contributed by atoms with van der Waals surface area (Å²) in [7, 11) is 1.56. The van der Waals surface area contributed by atoms with Crippen LogP contribution < -0.4 is 0 Å². The van der Waals surface area contributed by atoms with Crippen LogP contribution in [-0.2, 0) is 25.5 Å². The summed E-state index contributed by atoms with van der Waals surface area (Å²) in [6.45, 7) is 4.98. The quantitative estimate of drug-likeness (QED) is 0.750. The van der Waals surface area contributed by atoms with Crippen molar-refractivity contribution in [2.75, 3.05) is 40.0 Å². The Bertz CT molecular complexity index is 647. The summed E-state index contributed by atoms with van der Waals surface area (Å²) in [6, 6.07) is 8.53.